The molecule has 0 saturated carbocycles. The van der Waals surface area contributed by atoms with Crippen LogP contribution in [0.15, 0.2) is 103 Å². The molecule has 5 heterocycles. The molecule has 41 heavy (non-hydrogen) atoms. The number of anilines is 2. The van der Waals surface area contributed by atoms with Gasteiger partial charge in [0.15, 0.2) is 13.5 Å². The fourth-order valence-corrected chi connectivity index (χ4v) is 8.50. The summed E-state index contributed by atoms with van der Waals surface area (Å²) in [5.41, 5.74) is 3.47. The van der Waals surface area contributed by atoms with Crippen molar-refractivity contribution in [3.8, 4) is 28.4 Å². The predicted octanol–water partition coefficient (Wildman–Crippen LogP) is 5.48. The summed E-state index contributed by atoms with van der Waals surface area (Å²) in [6.45, 7) is 1.55. The van der Waals surface area contributed by atoms with Crippen molar-refractivity contribution in [1.82, 2.24) is 9.97 Å². The number of nitrogens with zero attached hydrogens (tertiary/aromatic N) is 4. The Bertz CT molecular complexity index is 1830. The molecular weight excluding hydrogens is 535 g/mol. The molecule has 2 aromatic heterocycles. The largest absolute Gasteiger partial charge is 0.473 e. The smallest absolute Gasteiger partial charge is 0.311 e. The van der Waals surface area contributed by atoms with Gasteiger partial charge in [0, 0.05) is 29.1 Å². The van der Waals surface area contributed by atoms with Gasteiger partial charge in [0.2, 0.25) is 0 Å². The van der Waals surface area contributed by atoms with Crippen molar-refractivity contribution >= 4 is 29.6 Å². The second-order valence-corrected chi connectivity index (χ2v) is 12.4. The number of hydrogen-bond donors (Lipinski definition) is 0. The molecule has 0 saturated heterocycles. The van der Waals surface area contributed by atoms with E-state index in [2.05, 4.69) is 9.97 Å². The zero-order valence-electron chi connectivity index (χ0n) is 22.0. The summed E-state index contributed by atoms with van der Waals surface area (Å²) < 4.78 is 35.0. The maximum Gasteiger partial charge on any atom is 0.311 e. The number of pyridine rings is 2. The number of hydrogen-bond acceptors (Lipinski definition) is 8. The van der Waals surface area contributed by atoms with Gasteiger partial charge >= 0.3 is 7.37 Å². The van der Waals surface area contributed by atoms with Gasteiger partial charge in [0.05, 0.1) is 18.4 Å². The summed E-state index contributed by atoms with van der Waals surface area (Å²) in [7, 11) is -3.70. The molecule has 0 N–H and O–H groups in total. The molecule has 3 aliphatic heterocycles. The van der Waals surface area contributed by atoms with Crippen LogP contribution < -0.4 is 34.4 Å². The number of para-hydroxylation sites is 1. The first-order chi connectivity index (χ1) is 20.2. The van der Waals surface area contributed by atoms with E-state index in [9.17, 15) is 0 Å². The SMILES string of the molecule is O=P1(c2c3c(cc4c2OCN(c2ccccn2)C4)OCN(c2ccccn2)C3)Oc2ccccc2-c2ccccc21. The highest BCUT2D eigenvalue weighted by Gasteiger charge is 2.45. The first-order valence-corrected chi connectivity index (χ1v) is 15.1. The van der Waals surface area contributed by atoms with Gasteiger partial charge in [-0.25, -0.2) is 9.97 Å². The molecule has 8 nitrogen and oxygen atoms in total. The number of benzene rings is 3. The molecule has 5 aromatic rings. The van der Waals surface area contributed by atoms with E-state index < -0.39 is 7.37 Å². The van der Waals surface area contributed by atoms with Gasteiger partial charge in [-0.05, 0) is 48.0 Å². The Balaban J connectivity index is 1.33. The fraction of sp³-hybridized carbons (Fsp3) is 0.125. The molecular formula is C32H25N4O4P. The van der Waals surface area contributed by atoms with Gasteiger partial charge in [-0.15, -0.1) is 0 Å². The Morgan fingerprint density at radius 2 is 1.34 bits per heavy atom. The van der Waals surface area contributed by atoms with Crippen molar-refractivity contribution in [2.45, 2.75) is 13.1 Å². The van der Waals surface area contributed by atoms with Crippen LogP contribution in [-0.4, -0.2) is 23.4 Å². The maximum atomic E-state index is 15.5. The second-order valence-electron chi connectivity index (χ2n) is 10.2. The second kappa shape index (κ2) is 9.39. The van der Waals surface area contributed by atoms with E-state index in [4.69, 9.17) is 14.0 Å². The van der Waals surface area contributed by atoms with Gasteiger partial charge in [0.25, 0.3) is 0 Å². The lowest BCUT2D eigenvalue weighted by molar-refractivity contribution is 0.275. The van der Waals surface area contributed by atoms with Gasteiger partial charge in [-0.2, -0.15) is 0 Å². The minimum Gasteiger partial charge on any atom is -0.473 e. The van der Waals surface area contributed by atoms with Gasteiger partial charge in [-0.3, -0.25) is 4.57 Å². The van der Waals surface area contributed by atoms with Crippen molar-refractivity contribution in [1.29, 1.82) is 0 Å². The van der Waals surface area contributed by atoms with Gasteiger partial charge in [-0.1, -0.05) is 48.5 Å². The molecule has 8 rings (SSSR count). The average molecular weight is 561 g/mol. The Morgan fingerprint density at radius 1 is 0.683 bits per heavy atom. The van der Waals surface area contributed by atoms with Crippen molar-refractivity contribution in [3.63, 3.8) is 0 Å². The zero-order chi connectivity index (χ0) is 27.4. The zero-order valence-corrected chi connectivity index (χ0v) is 22.9. The van der Waals surface area contributed by atoms with Crippen LogP contribution in [0.5, 0.6) is 17.2 Å². The molecule has 0 fully saturated rings. The molecule has 0 spiro atoms. The van der Waals surface area contributed by atoms with E-state index in [-0.39, 0.29) is 6.73 Å². The van der Waals surface area contributed by atoms with Crippen LogP contribution in [0.3, 0.4) is 0 Å². The van der Waals surface area contributed by atoms with Crippen molar-refractivity contribution in [2.24, 2.45) is 0 Å². The van der Waals surface area contributed by atoms with Crippen LogP contribution in [0.25, 0.3) is 11.1 Å². The lowest BCUT2D eigenvalue weighted by atomic mass is 10.0. The summed E-state index contributed by atoms with van der Waals surface area (Å²) in [6.07, 6.45) is 3.52. The number of fused-ring (bicyclic) bond motifs is 5. The number of aromatic nitrogens is 2. The molecule has 0 radical (unpaired) electrons. The first kappa shape index (κ1) is 24.0. The third kappa shape index (κ3) is 3.86. The third-order valence-electron chi connectivity index (χ3n) is 7.71. The Hall–Kier alpha value is -4.81. The fourth-order valence-electron chi connectivity index (χ4n) is 5.82. The molecule has 1 unspecified atom stereocenters. The highest BCUT2D eigenvalue weighted by Crippen LogP contribution is 2.57. The molecule has 3 aromatic carbocycles. The van der Waals surface area contributed by atoms with Crippen LogP contribution >= 0.6 is 7.37 Å². The Morgan fingerprint density at radius 3 is 2.10 bits per heavy atom. The molecule has 0 amide bonds. The minimum absolute atomic E-state index is 0.263. The Kier molecular flexibility index (Phi) is 5.50. The molecule has 3 aliphatic rings. The van der Waals surface area contributed by atoms with E-state index >= 15 is 4.57 Å². The first-order valence-electron chi connectivity index (χ1n) is 13.4. The van der Waals surface area contributed by atoms with Crippen LogP contribution in [0.1, 0.15) is 11.1 Å². The van der Waals surface area contributed by atoms with E-state index in [0.29, 0.717) is 47.7 Å². The van der Waals surface area contributed by atoms with Crippen molar-refractivity contribution < 1.29 is 18.6 Å². The van der Waals surface area contributed by atoms with Crippen molar-refractivity contribution in [3.05, 3.63) is 115 Å². The van der Waals surface area contributed by atoms with E-state index in [1.807, 2.05) is 101 Å². The third-order valence-corrected chi connectivity index (χ3v) is 10.3. The minimum atomic E-state index is -3.70. The molecule has 0 bridgehead atoms. The van der Waals surface area contributed by atoms with E-state index in [0.717, 1.165) is 33.9 Å². The van der Waals surface area contributed by atoms with Crippen LogP contribution in [0.2, 0.25) is 0 Å². The highest BCUT2D eigenvalue weighted by atomic mass is 31.2. The molecule has 1 atom stereocenters. The normalized spacial score (nSPS) is 18.5. The van der Waals surface area contributed by atoms with Crippen LogP contribution in [0.4, 0.5) is 11.6 Å². The quantitative estimate of drug-likeness (QED) is 0.269. The summed E-state index contributed by atoms with van der Waals surface area (Å²) in [5.74, 6) is 3.43. The molecule has 202 valence electrons. The summed E-state index contributed by atoms with van der Waals surface area (Å²) in [5, 5.41) is 1.20. The van der Waals surface area contributed by atoms with Gasteiger partial charge < -0.3 is 23.8 Å². The molecule has 9 heteroatoms. The van der Waals surface area contributed by atoms with Crippen LogP contribution in [0, 0.1) is 0 Å². The topological polar surface area (TPSA) is 77.0 Å². The highest BCUT2D eigenvalue weighted by molar-refractivity contribution is 7.75. The molecule has 0 aliphatic carbocycles. The maximum absolute atomic E-state index is 15.5. The average Bonchev–Trinajstić information content (AvgIpc) is 3.04. The van der Waals surface area contributed by atoms with Gasteiger partial charge in [0.1, 0.15) is 34.2 Å². The summed E-state index contributed by atoms with van der Waals surface area (Å²) in [4.78, 5) is 13.1. The number of ether oxygens (including phenoxy) is 2. The van der Waals surface area contributed by atoms with Crippen LogP contribution in [-0.2, 0) is 17.7 Å². The number of rotatable bonds is 3. The summed E-state index contributed by atoms with van der Waals surface area (Å²) in [6, 6.07) is 29.1. The van der Waals surface area contributed by atoms with E-state index in [1.165, 1.54) is 0 Å². The summed E-state index contributed by atoms with van der Waals surface area (Å²) >= 11 is 0. The predicted molar refractivity (Wildman–Crippen MR) is 158 cm³/mol. The van der Waals surface area contributed by atoms with Crippen molar-refractivity contribution in [2.75, 3.05) is 23.3 Å². The Labute approximate surface area is 237 Å². The monoisotopic (exact) mass is 560 g/mol. The lowest BCUT2D eigenvalue weighted by Gasteiger charge is -2.38. The lowest BCUT2D eigenvalue weighted by Crippen LogP contribution is -2.41. The standard InChI is InChI=1S/C32H25N4O4P/c37-41(28-12-4-2-10-24(28)23-9-1-3-11-26(23)40-41)32-25-19-36(30-14-6-8-16-34-30)20-38-27(25)17-22-18-35(21-39-31(22)32)29-13-5-7-15-33-29/h1-17H,18-21H2. The van der Waals surface area contributed by atoms with E-state index in [1.54, 1.807) is 12.4 Å².